The van der Waals surface area contributed by atoms with Crippen molar-refractivity contribution < 1.29 is 18.4 Å². The van der Waals surface area contributed by atoms with Gasteiger partial charge in [0, 0.05) is 23.4 Å². The van der Waals surface area contributed by atoms with E-state index in [1.807, 2.05) is 0 Å². The van der Waals surface area contributed by atoms with Crippen LogP contribution in [0.3, 0.4) is 0 Å². The van der Waals surface area contributed by atoms with E-state index >= 15 is 0 Å². The molecule has 0 aliphatic heterocycles. The number of anilines is 2. The van der Waals surface area contributed by atoms with Gasteiger partial charge in [0.1, 0.15) is 0 Å². The van der Waals surface area contributed by atoms with Crippen molar-refractivity contribution in [3.8, 4) is 0 Å². The van der Waals surface area contributed by atoms with Crippen LogP contribution in [0.5, 0.6) is 0 Å². The van der Waals surface area contributed by atoms with Gasteiger partial charge in [0.25, 0.3) is 0 Å². The number of nitrogens with zero attached hydrogens (tertiary/aromatic N) is 2. The Morgan fingerprint density at radius 1 is 1.06 bits per heavy atom. The first kappa shape index (κ1) is 20.6. The van der Waals surface area contributed by atoms with Crippen molar-refractivity contribution in [2.75, 3.05) is 10.6 Å². The van der Waals surface area contributed by atoms with Crippen LogP contribution in [0.2, 0.25) is 0 Å². The maximum Gasteiger partial charge on any atom is 0.235 e. The molecule has 160 valence electrons. The maximum atomic E-state index is 14.2. The summed E-state index contributed by atoms with van der Waals surface area (Å²) in [6.45, 7) is 0. The Morgan fingerprint density at radius 2 is 1.81 bits per heavy atom. The molecule has 31 heavy (non-hydrogen) atoms. The molecule has 7 nitrogen and oxygen atoms in total. The second-order valence-electron chi connectivity index (χ2n) is 7.58. The van der Waals surface area contributed by atoms with Gasteiger partial charge < -0.3 is 10.6 Å². The summed E-state index contributed by atoms with van der Waals surface area (Å²) in [4.78, 5) is 25.0. The minimum Gasteiger partial charge on any atom is -0.326 e. The van der Waals surface area contributed by atoms with Gasteiger partial charge >= 0.3 is 0 Å². The molecule has 1 aliphatic carbocycles. The number of benzene rings is 2. The summed E-state index contributed by atoms with van der Waals surface area (Å²) in [6, 6.07) is 10.6. The van der Waals surface area contributed by atoms with Crippen LogP contribution in [0, 0.1) is 11.6 Å². The van der Waals surface area contributed by atoms with Crippen molar-refractivity contribution in [2.24, 2.45) is 0 Å². The Hall–Kier alpha value is -3.62. The number of aromatic amines is 1. The number of carbonyl (C=O) groups excluding carboxylic acids is 2. The predicted molar refractivity (Wildman–Crippen MR) is 110 cm³/mol. The average Bonchev–Trinajstić information content (AvgIpc) is 3.39. The quantitative estimate of drug-likeness (QED) is 0.512. The molecule has 1 saturated carbocycles. The fourth-order valence-electron chi connectivity index (χ4n) is 3.54. The van der Waals surface area contributed by atoms with E-state index in [1.54, 1.807) is 30.5 Å². The van der Waals surface area contributed by atoms with Gasteiger partial charge in [-0.15, -0.1) is 0 Å². The molecule has 0 atom stereocenters. The molecule has 3 N–H and O–H groups in total. The molecule has 0 spiro atoms. The van der Waals surface area contributed by atoms with E-state index in [0.717, 1.165) is 11.8 Å². The summed E-state index contributed by atoms with van der Waals surface area (Å²) < 4.78 is 27.8. The molecule has 2 amide bonds. The number of halogens is 2. The molecule has 1 aromatic heterocycles. The molecular formula is C22H21F2N5O2. The average molecular weight is 425 g/mol. The van der Waals surface area contributed by atoms with E-state index in [4.69, 9.17) is 0 Å². The number of amides is 2. The van der Waals surface area contributed by atoms with Gasteiger partial charge in [0.2, 0.25) is 11.8 Å². The van der Waals surface area contributed by atoms with Gasteiger partial charge in [-0.1, -0.05) is 18.2 Å². The molecule has 1 fully saturated rings. The highest BCUT2D eigenvalue weighted by atomic mass is 19.2. The first-order valence-corrected chi connectivity index (χ1v) is 9.98. The van der Waals surface area contributed by atoms with Crippen LogP contribution >= 0.6 is 0 Å². The van der Waals surface area contributed by atoms with Crippen molar-refractivity contribution in [3.05, 3.63) is 71.6 Å². The third kappa shape index (κ3) is 4.60. The van der Waals surface area contributed by atoms with Crippen LogP contribution in [0.15, 0.2) is 48.7 Å². The number of H-pyrrole nitrogens is 1. The molecule has 0 unspecified atom stereocenters. The molecule has 1 aliphatic rings. The lowest BCUT2D eigenvalue weighted by Gasteiger charge is -2.17. The molecular weight excluding hydrogens is 404 g/mol. The minimum atomic E-state index is -1.06. The number of hydrogen-bond donors (Lipinski definition) is 3. The Kier molecular flexibility index (Phi) is 5.75. The summed E-state index contributed by atoms with van der Waals surface area (Å²) in [5.74, 6) is -2.51. The van der Waals surface area contributed by atoms with E-state index in [0.29, 0.717) is 43.5 Å². The van der Waals surface area contributed by atoms with Gasteiger partial charge in [-0.25, -0.2) is 8.78 Å². The summed E-state index contributed by atoms with van der Waals surface area (Å²) in [5, 5.41) is 15.7. The van der Waals surface area contributed by atoms with Crippen molar-refractivity contribution in [1.82, 2.24) is 15.4 Å². The molecule has 0 radical (unpaired) electrons. The number of rotatable bonds is 8. The maximum absolute atomic E-state index is 14.2. The number of carbonyl (C=O) groups is 2. The fraction of sp³-hybridized carbons (Fsp3) is 0.273. The van der Waals surface area contributed by atoms with E-state index in [-0.39, 0.29) is 11.5 Å². The number of aromatic nitrogens is 3. The van der Waals surface area contributed by atoms with Crippen LogP contribution < -0.4 is 10.6 Å². The van der Waals surface area contributed by atoms with Gasteiger partial charge in [-0.3, -0.25) is 9.59 Å². The highest BCUT2D eigenvalue weighted by molar-refractivity contribution is 6.02. The number of hydrogen-bond acceptors (Lipinski definition) is 4. The molecule has 4 rings (SSSR count). The lowest BCUT2D eigenvalue weighted by molar-refractivity contribution is -0.118. The molecule has 2 aromatic carbocycles. The van der Waals surface area contributed by atoms with E-state index in [9.17, 15) is 18.4 Å². The summed E-state index contributed by atoms with van der Waals surface area (Å²) in [7, 11) is 0. The monoisotopic (exact) mass is 425 g/mol. The lowest BCUT2D eigenvalue weighted by Crippen LogP contribution is -2.29. The smallest absolute Gasteiger partial charge is 0.235 e. The van der Waals surface area contributed by atoms with E-state index in [2.05, 4.69) is 26.0 Å². The second kappa shape index (κ2) is 8.63. The fourth-order valence-corrected chi connectivity index (χ4v) is 3.54. The largest absolute Gasteiger partial charge is 0.326 e. The zero-order chi connectivity index (χ0) is 21.8. The van der Waals surface area contributed by atoms with Crippen LogP contribution in [-0.2, 0) is 21.4 Å². The van der Waals surface area contributed by atoms with Gasteiger partial charge in [0.05, 0.1) is 17.3 Å². The van der Waals surface area contributed by atoms with Crippen molar-refractivity contribution >= 4 is 23.2 Å². The summed E-state index contributed by atoms with van der Waals surface area (Å²) >= 11 is 0. The highest BCUT2D eigenvalue weighted by Crippen LogP contribution is 2.50. The molecule has 0 saturated heterocycles. The molecule has 9 heteroatoms. The number of nitrogens with one attached hydrogen (secondary N) is 3. The summed E-state index contributed by atoms with van der Waals surface area (Å²) in [5.41, 5.74) is 0.800. The Bertz CT molecular complexity index is 1100. The standard InChI is InChI=1S/C22H21F2N5O2/c23-18-8-3-7-17(20(18)24)22(10-11-22)21(31)27-15-5-1-4-14(12-15)26-19(30)9-2-6-16-13-25-29-28-16/h1,3-5,7-8,12-13H,2,6,9-11H2,(H,26,30)(H,27,31)(H,25,28,29). The van der Waals surface area contributed by atoms with E-state index < -0.39 is 23.0 Å². The molecule has 0 bridgehead atoms. The zero-order valence-electron chi connectivity index (χ0n) is 16.6. The SMILES string of the molecule is O=C(CCCc1cn[nH]n1)Nc1cccc(NC(=O)C2(c3cccc(F)c3F)CC2)c1. The third-order valence-electron chi connectivity index (χ3n) is 5.36. The van der Waals surface area contributed by atoms with Crippen LogP contribution in [-0.4, -0.2) is 27.2 Å². The molecule has 3 aromatic rings. The normalized spacial score (nSPS) is 14.1. The zero-order valence-corrected chi connectivity index (χ0v) is 16.6. The van der Waals surface area contributed by atoms with Crippen LogP contribution in [0.4, 0.5) is 20.2 Å². The Balaban J connectivity index is 1.36. The van der Waals surface area contributed by atoms with Crippen molar-refractivity contribution in [1.29, 1.82) is 0 Å². The Morgan fingerprint density at radius 3 is 2.52 bits per heavy atom. The third-order valence-corrected chi connectivity index (χ3v) is 5.36. The highest BCUT2D eigenvalue weighted by Gasteiger charge is 2.53. The second-order valence-corrected chi connectivity index (χ2v) is 7.58. The molecule has 1 heterocycles. The van der Waals surface area contributed by atoms with E-state index in [1.165, 1.54) is 12.1 Å². The van der Waals surface area contributed by atoms with Gasteiger partial charge in [-0.05, 0) is 49.9 Å². The number of aryl methyl sites for hydroxylation is 1. The van der Waals surface area contributed by atoms with Crippen molar-refractivity contribution in [3.63, 3.8) is 0 Å². The summed E-state index contributed by atoms with van der Waals surface area (Å²) in [6.07, 6.45) is 4.08. The van der Waals surface area contributed by atoms with Gasteiger partial charge in [0.15, 0.2) is 11.6 Å². The lowest BCUT2D eigenvalue weighted by atomic mass is 9.94. The first-order valence-electron chi connectivity index (χ1n) is 9.98. The van der Waals surface area contributed by atoms with Gasteiger partial charge in [-0.2, -0.15) is 15.4 Å². The van der Waals surface area contributed by atoms with Crippen LogP contribution in [0.1, 0.15) is 36.9 Å². The first-order chi connectivity index (χ1) is 15.0. The van der Waals surface area contributed by atoms with Crippen molar-refractivity contribution in [2.45, 2.75) is 37.5 Å². The predicted octanol–water partition coefficient (Wildman–Crippen LogP) is 3.71. The topological polar surface area (TPSA) is 99.8 Å². The van der Waals surface area contributed by atoms with Crippen LogP contribution in [0.25, 0.3) is 0 Å². The minimum absolute atomic E-state index is 0.0709. The Labute approximate surface area is 177 Å².